The van der Waals surface area contributed by atoms with Crippen molar-refractivity contribution >= 4 is 5.91 Å². The molecule has 3 aromatic carbocycles. The largest absolute Gasteiger partial charge is 0.493 e. The first-order valence-electron chi connectivity index (χ1n) is 12.0. The third kappa shape index (κ3) is 9.01. The van der Waals surface area contributed by atoms with E-state index in [1.807, 2.05) is 89.8 Å². The number of carbonyl (C=O) groups is 1. The van der Waals surface area contributed by atoms with Gasteiger partial charge in [0.25, 0.3) is 5.91 Å². The minimum Gasteiger partial charge on any atom is -0.493 e. The Morgan fingerprint density at radius 3 is 1.88 bits per heavy atom. The monoisotopic (exact) mass is 445 g/mol. The van der Waals surface area contributed by atoms with Crippen molar-refractivity contribution in [1.82, 2.24) is 4.90 Å². The maximum absolute atomic E-state index is 13.1. The number of rotatable bonds is 14. The van der Waals surface area contributed by atoms with Crippen LogP contribution in [-0.2, 0) is 17.9 Å². The molecule has 0 bridgehead atoms. The molecule has 4 nitrogen and oxygen atoms in total. The molecular weight excluding hydrogens is 410 g/mol. The van der Waals surface area contributed by atoms with Gasteiger partial charge < -0.3 is 14.4 Å². The van der Waals surface area contributed by atoms with E-state index in [1.54, 1.807) is 0 Å². The van der Waals surface area contributed by atoms with Crippen molar-refractivity contribution in [2.24, 2.45) is 0 Å². The van der Waals surface area contributed by atoms with Crippen LogP contribution in [0.15, 0.2) is 84.9 Å². The Hall–Kier alpha value is -3.27. The Morgan fingerprint density at radius 2 is 1.27 bits per heavy atom. The predicted molar refractivity (Wildman–Crippen MR) is 133 cm³/mol. The van der Waals surface area contributed by atoms with E-state index < -0.39 is 0 Å². The van der Waals surface area contributed by atoms with Crippen molar-refractivity contribution in [1.29, 1.82) is 0 Å². The summed E-state index contributed by atoms with van der Waals surface area (Å²) in [5.74, 6) is 1.37. The average molecular weight is 446 g/mol. The zero-order valence-corrected chi connectivity index (χ0v) is 19.6. The Kier molecular flexibility index (Phi) is 10.3. The third-order valence-electron chi connectivity index (χ3n) is 5.47. The molecule has 3 rings (SSSR count). The van der Waals surface area contributed by atoms with Gasteiger partial charge in [0.15, 0.2) is 6.61 Å². The minimum absolute atomic E-state index is 0.0138. The molecule has 0 aliphatic rings. The average Bonchev–Trinajstić information content (AvgIpc) is 2.86. The van der Waals surface area contributed by atoms with Gasteiger partial charge in [0, 0.05) is 19.2 Å². The van der Waals surface area contributed by atoms with Gasteiger partial charge in [-0.15, -0.1) is 0 Å². The maximum Gasteiger partial charge on any atom is 0.261 e. The molecule has 0 fully saturated rings. The highest BCUT2D eigenvalue weighted by Crippen LogP contribution is 2.20. The third-order valence-corrected chi connectivity index (χ3v) is 5.47. The molecule has 0 saturated carbocycles. The van der Waals surface area contributed by atoms with Crippen molar-refractivity contribution in [3.05, 3.63) is 96.1 Å². The normalized spacial score (nSPS) is 10.6. The lowest BCUT2D eigenvalue weighted by molar-refractivity contribution is -0.134. The van der Waals surface area contributed by atoms with Crippen LogP contribution >= 0.6 is 0 Å². The van der Waals surface area contributed by atoms with Crippen molar-refractivity contribution in [3.8, 4) is 11.5 Å². The molecular formula is C29H35NO3. The fourth-order valence-corrected chi connectivity index (χ4v) is 3.63. The number of benzene rings is 3. The lowest BCUT2D eigenvalue weighted by atomic mass is 10.1. The van der Waals surface area contributed by atoms with Crippen LogP contribution in [0.25, 0.3) is 0 Å². The van der Waals surface area contributed by atoms with Gasteiger partial charge >= 0.3 is 0 Å². The highest BCUT2D eigenvalue weighted by atomic mass is 16.5. The zero-order valence-electron chi connectivity index (χ0n) is 19.6. The van der Waals surface area contributed by atoms with E-state index in [0.29, 0.717) is 25.4 Å². The second-order valence-electron chi connectivity index (χ2n) is 8.25. The van der Waals surface area contributed by atoms with Crippen LogP contribution in [0.3, 0.4) is 0 Å². The number of carbonyl (C=O) groups excluding carboxylic acids is 1. The van der Waals surface area contributed by atoms with Gasteiger partial charge in [-0.1, -0.05) is 99.3 Å². The van der Waals surface area contributed by atoms with E-state index in [2.05, 4.69) is 6.92 Å². The van der Waals surface area contributed by atoms with Crippen LogP contribution in [-0.4, -0.2) is 24.0 Å². The molecule has 0 saturated heterocycles. The molecule has 3 aromatic rings. The summed E-state index contributed by atoms with van der Waals surface area (Å²) in [5.41, 5.74) is 2.19. The summed E-state index contributed by atoms with van der Waals surface area (Å²) < 4.78 is 11.7. The van der Waals surface area contributed by atoms with E-state index in [1.165, 1.54) is 25.7 Å². The number of nitrogens with zero attached hydrogens (tertiary/aromatic N) is 1. The molecule has 0 atom stereocenters. The van der Waals surface area contributed by atoms with Crippen LogP contribution < -0.4 is 9.47 Å². The quantitative estimate of drug-likeness (QED) is 0.261. The molecule has 0 aliphatic carbocycles. The summed E-state index contributed by atoms with van der Waals surface area (Å²) in [5, 5.41) is 0. The van der Waals surface area contributed by atoms with Crippen LogP contribution in [0.4, 0.5) is 0 Å². The lowest BCUT2D eigenvalue weighted by Gasteiger charge is -2.23. The lowest BCUT2D eigenvalue weighted by Crippen LogP contribution is -2.34. The molecule has 0 unspecified atom stereocenters. The zero-order chi connectivity index (χ0) is 23.1. The predicted octanol–water partition coefficient (Wildman–Crippen LogP) is 6.64. The SMILES string of the molecule is CCCCCCCOc1cccc(OCC(=O)N(Cc2ccccc2)Cc2ccccc2)c1. The fourth-order valence-electron chi connectivity index (χ4n) is 3.63. The van der Waals surface area contributed by atoms with Crippen molar-refractivity contribution in [3.63, 3.8) is 0 Å². The molecule has 0 aliphatic heterocycles. The molecule has 0 heterocycles. The van der Waals surface area contributed by atoms with Crippen molar-refractivity contribution in [2.75, 3.05) is 13.2 Å². The summed E-state index contributed by atoms with van der Waals surface area (Å²) in [7, 11) is 0. The van der Waals surface area contributed by atoms with Crippen LogP contribution in [0.2, 0.25) is 0 Å². The van der Waals surface area contributed by atoms with Crippen molar-refractivity contribution in [2.45, 2.75) is 52.1 Å². The van der Waals surface area contributed by atoms with Gasteiger partial charge in [-0.3, -0.25) is 4.79 Å². The van der Waals surface area contributed by atoms with Crippen LogP contribution in [0.5, 0.6) is 11.5 Å². The maximum atomic E-state index is 13.1. The molecule has 33 heavy (non-hydrogen) atoms. The first kappa shape index (κ1) is 24.4. The summed E-state index contributed by atoms with van der Waals surface area (Å²) in [6.45, 7) is 3.99. The molecule has 174 valence electrons. The van der Waals surface area contributed by atoms with E-state index >= 15 is 0 Å². The van der Waals surface area contributed by atoms with Crippen molar-refractivity contribution < 1.29 is 14.3 Å². The highest BCUT2D eigenvalue weighted by Gasteiger charge is 2.16. The summed E-state index contributed by atoms with van der Waals surface area (Å²) >= 11 is 0. The van der Waals surface area contributed by atoms with Gasteiger partial charge in [0.1, 0.15) is 11.5 Å². The summed E-state index contributed by atoms with van der Waals surface area (Å²) in [6, 6.07) is 27.6. The van der Waals surface area contributed by atoms with Gasteiger partial charge in [-0.2, -0.15) is 0 Å². The van der Waals surface area contributed by atoms with E-state index in [9.17, 15) is 4.79 Å². The van der Waals surface area contributed by atoms with Gasteiger partial charge in [-0.05, 0) is 29.7 Å². The van der Waals surface area contributed by atoms with Crippen LogP contribution in [0.1, 0.15) is 50.2 Å². The number of hydrogen-bond acceptors (Lipinski definition) is 3. The Labute approximate surface area is 198 Å². The van der Waals surface area contributed by atoms with E-state index in [4.69, 9.17) is 9.47 Å². The Balaban J connectivity index is 1.54. The van der Waals surface area contributed by atoms with Gasteiger partial charge in [0.05, 0.1) is 6.61 Å². The van der Waals surface area contributed by atoms with E-state index in [0.717, 1.165) is 23.3 Å². The topological polar surface area (TPSA) is 38.8 Å². The number of amides is 1. The smallest absolute Gasteiger partial charge is 0.261 e. The molecule has 0 spiro atoms. The number of ether oxygens (including phenoxy) is 2. The molecule has 4 heteroatoms. The first-order valence-corrected chi connectivity index (χ1v) is 12.0. The minimum atomic E-state index is -0.0510. The summed E-state index contributed by atoms with van der Waals surface area (Å²) in [4.78, 5) is 14.9. The molecule has 0 aromatic heterocycles. The molecule has 0 N–H and O–H groups in total. The Morgan fingerprint density at radius 1 is 0.697 bits per heavy atom. The second kappa shape index (κ2) is 14.0. The number of hydrogen-bond donors (Lipinski definition) is 0. The van der Waals surface area contributed by atoms with Gasteiger partial charge in [-0.25, -0.2) is 0 Å². The summed E-state index contributed by atoms with van der Waals surface area (Å²) in [6.07, 6.45) is 6.03. The Bertz CT molecular complexity index is 902. The fraction of sp³-hybridized carbons (Fsp3) is 0.345. The van der Waals surface area contributed by atoms with Crippen LogP contribution in [0, 0.1) is 0 Å². The molecule has 0 radical (unpaired) electrons. The number of unbranched alkanes of at least 4 members (excludes halogenated alkanes) is 4. The standard InChI is InChI=1S/C29H35NO3/c1-2-3-4-5-12-20-32-27-18-13-19-28(21-27)33-24-29(31)30(22-25-14-8-6-9-15-25)23-26-16-10-7-11-17-26/h6-11,13-19,21H,2-5,12,20,22-24H2,1H3. The first-order chi connectivity index (χ1) is 16.2. The molecule has 1 amide bonds. The second-order valence-corrected chi connectivity index (χ2v) is 8.25. The van der Waals surface area contributed by atoms with Gasteiger partial charge in [0.2, 0.25) is 0 Å². The highest BCUT2D eigenvalue weighted by molar-refractivity contribution is 5.77. The van der Waals surface area contributed by atoms with E-state index in [-0.39, 0.29) is 12.5 Å².